The molecule has 18 heavy (non-hydrogen) atoms. The Morgan fingerprint density at radius 3 is 2.94 bits per heavy atom. The number of para-hydroxylation sites is 1. The summed E-state index contributed by atoms with van der Waals surface area (Å²) in [7, 11) is 0. The summed E-state index contributed by atoms with van der Waals surface area (Å²) in [6.07, 6.45) is 2.60. The molecular weight excluding hydrogens is 246 g/mol. The molecule has 0 bridgehead atoms. The van der Waals surface area contributed by atoms with E-state index >= 15 is 0 Å². The molecule has 0 fully saturated rings. The molecule has 1 aromatic carbocycles. The van der Waals surface area contributed by atoms with E-state index in [1.807, 2.05) is 12.1 Å². The van der Waals surface area contributed by atoms with Gasteiger partial charge in [0.25, 0.3) is 0 Å². The van der Waals surface area contributed by atoms with Crippen molar-refractivity contribution in [2.75, 3.05) is 11.4 Å². The summed E-state index contributed by atoms with van der Waals surface area (Å²) in [5.41, 5.74) is 2.88. The first kappa shape index (κ1) is 11.1. The number of hydrogen-bond acceptors (Lipinski definition) is 3. The van der Waals surface area contributed by atoms with Gasteiger partial charge in [-0.15, -0.1) is 0 Å². The third-order valence-electron chi connectivity index (χ3n) is 3.13. The Bertz CT molecular complexity index is 646. The van der Waals surface area contributed by atoms with E-state index in [9.17, 15) is 0 Å². The summed E-state index contributed by atoms with van der Waals surface area (Å²) in [5.74, 6) is 0.667. The number of hydrogen-bond donors (Lipinski definition) is 0. The maximum absolute atomic E-state index is 9.00. The Balaban J connectivity index is 2.11. The van der Waals surface area contributed by atoms with Gasteiger partial charge in [-0.05, 0) is 24.1 Å². The normalized spacial score (nSPS) is 13.2. The van der Waals surface area contributed by atoms with E-state index < -0.39 is 0 Å². The highest BCUT2D eigenvalue weighted by Gasteiger charge is 2.23. The highest BCUT2D eigenvalue weighted by Crippen LogP contribution is 2.37. The molecule has 0 radical (unpaired) electrons. The summed E-state index contributed by atoms with van der Waals surface area (Å²) in [5, 5.41) is 9.43. The highest BCUT2D eigenvalue weighted by atomic mass is 35.5. The molecule has 3 rings (SSSR count). The summed E-state index contributed by atoms with van der Waals surface area (Å²) < 4.78 is 0. The molecule has 0 atom stereocenters. The first-order valence-corrected chi connectivity index (χ1v) is 6.09. The molecule has 3 nitrogen and oxygen atoms in total. The molecule has 0 N–H and O–H groups in total. The fourth-order valence-electron chi connectivity index (χ4n) is 2.27. The van der Waals surface area contributed by atoms with E-state index in [0.717, 1.165) is 18.7 Å². The Morgan fingerprint density at radius 1 is 1.28 bits per heavy atom. The van der Waals surface area contributed by atoms with Crippen LogP contribution in [0.25, 0.3) is 0 Å². The van der Waals surface area contributed by atoms with Crippen LogP contribution in [-0.2, 0) is 6.42 Å². The standard InChI is InChI=1S/C14H10ClN3/c15-13-11(9-16)5-7-17-14(13)18-8-6-10-3-1-2-4-12(10)18/h1-5,7H,6,8H2. The van der Waals surface area contributed by atoms with E-state index in [1.54, 1.807) is 12.3 Å². The molecule has 0 saturated carbocycles. The minimum Gasteiger partial charge on any atom is -0.325 e. The number of halogens is 1. The maximum atomic E-state index is 9.00. The monoisotopic (exact) mass is 255 g/mol. The third-order valence-corrected chi connectivity index (χ3v) is 3.51. The minimum atomic E-state index is 0.428. The van der Waals surface area contributed by atoms with Gasteiger partial charge in [0, 0.05) is 18.4 Å². The molecule has 0 spiro atoms. The lowest BCUT2D eigenvalue weighted by molar-refractivity contribution is 0.973. The van der Waals surface area contributed by atoms with Gasteiger partial charge in [-0.3, -0.25) is 0 Å². The summed E-state index contributed by atoms with van der Waals surface area (Å²) in [4.78, 5) is 6.38. The summed E-state index contributed by atoms with van der Waals surface area (Å²) >= 11 is 6.23. The molecule has 0 aliphatic carbocycles. The van der Waals surface area contributed by atoms with E-state index in [0.29, 0.717) is 16.4 Å². The molecule has 1 aromatic heterocycles. The number of fused-ring (bicyclic) bond motifs is 1. The van der Waals surface area contributed by atoms with Crippen LogP contribution in [0.15, 0.2) is 36.5 Å². The summed E-state index contributed by atoms with van der Waals surface area (Å²) in [6, 6.07) is 11.9. The van der Waals surface area contributed by atoms with Crippen molar-refractivity contribution in [3.63, 3.8) is 0 Å². The van der Waals surface area contributed by atoms with E-state index in [1.165, 1.54) is 5.56 Å². The molecule has 2 aromatic rings. The van der Waals surface area contributed by atoms with Crippen LogP contribution in [-0.4, -0.2) is 11.5 Å². The van der Waals surface area contributed by atoms with Gasteiger partial charge in [0.05, 0.1) is 5.56 Å². The van der Waals surface area contributed by atoms with E-state index in [4.69, 9.17) is 16.9 Å². The first-order chi connectivity index (χ1) is 8.81. The Morgan fingerprint density at radius 2 is 2.11 bits per heavy atom. The van der Waals surface area contributed by atoms with Crippen LogP contribution in [0.5, 0.6) is 0 Å². The number of nitrogens with zero attached hydrogens (tertiary/aromatic N) is 3. The van der Waals surface area contributed by atoms with Crippen LogP contribution in [0.3, 0.4) is 0 Å². The third kappa shape index (κ3) is 1.62. The number of anilines is 2. The van der Waals surface area contributed by atoms with Gasteiger partial charge in [0.2, 0.25) is 0 Å². The molecule has 88 valence electrons. The quantitative estimate of drug-likeness (QED) is 0.785. The van der Waals surface area contributed by atoms with Crippen molar-refractivity contribution < 1.29 is 0 Å². The Hall–Kier alpha value is -2.05. The van der Waals surface area contributed by atoms with Crippen molar-refractivity contribution in [2.45, 2.75) is 6.42 Å². The average Bonchev–Trinajstić information content (AvgIpc) is 2.83. The molecule has 1 aliphatic rings. The topological polar surface area (TPSA) is 39.9 Å². The molecular formula is C14H10ClN3. The lowest BCUT2D eigenvalue weighted by Crippen LogP contribution is -2.15. The van der Waals surface area contributed by atoms with Gasteiger partial charge in [-0.25, -0.2) is 4.98 Å². The molecule has 0 unspecified atom stereocenters. The second-order valence-corrected chi connectivity index (χ2v) is 4.52. The Labute approximate surface area is 110 Å². The molecule has 0 saturated heterocycles. The van der Waals surface area contributed by atoms with Crippen molar-refractivity contribution in [1.82, 2.24) is 4.98 Å². The van der Waals surface area contributed by atoms with E-state index in [2.05, 4.69) is 28.1 Å². The number of benzene rings is 1. The predicted molar refractivity (Wildman–Crippen MR) is 71.1 cm³/mol. The second-order valence-electron chi connectivity index (χ2n) is 4.14. The largest absolute Gasteiger partial charge is 0.325 e. The fourth-order valence-corrected chi connectivity index (χ4v) is 2.52. The maximum Gasteiger partial charge on any atom is 0.153 e. The summed E-state index contributed by atoms with van der Waals surface area (Å²) in [6.45, 7) is 0.848. The number of nitriles is 1. The van der Waals surface area contributed by atoms with Crippen LogP contribution in [0.2, 0.25) is 5.02 Å². The molecule has 0 amide bonds. The predicted octanol–water partition coefficient (Wildman–Crippen LogP) is 3.30. The lowest BCUT2D eigenvalue weighted by Gasteiger charge is -2.19. The molecule has 1 aliphatic heterocycles. The second kappa shape index (κ2) is 4.32. The van der Waals surface area contributed by atoms with Crippen LogP contribution < -0.4 is 4.90 Å². The number of aromatic nitrogens is 1. The van der Waals surface area contributed by atoms with Crippen molar-refractivity contribution in [2.24, 2.45) is 0 Å². The van der Waals surface area contributed by atoms with Crippen LogP contribution in [0.1, 0.15) is 11.1 Å². The van der Waals surface area contributed by atoms with Crippen molar-refractivity contribution in [1.29, 1.82) is 5.26 Å². The smallest absolute Gasteiger partial charge is 0.153 e. The van der Waals surface area contributed by atoms with E-state index in [-0.39, 0.29) is 0 Å². The zero-order chi connectivity index (χ0) is 12.5. The van der Waals surface area contributed by atoms with Crippen LogP contribution in [0.4, 0.5) is 11.5 Å². The van der Waals surface area contributed by atoms with Crippen LogP contribution in [0, 0.1) is 11.3 Å². The van der Waals surface area contributed by atoms with Gasteiger partial charge < -0.3 is 4.90 Å². The SMILES string of the molecule is N#Cc1ccnc(N2CCc3ccccc32)c1Cl. The fraction of sp³-hybridized carbons (Fsp3) is 0.143. The van der Waals surface area contributed by atoms with Crippen LogP contribution >= 0.6 is 11.6 Å². The number of rotatable bonds is 1. The molecule has 4 heteroatoms. The zero-order valence-electron chi connectivity index (χ0n) is 9.60. The van der Waals surface area contributed by atoms with Gasteiger partial charge in [-0.2, -0.15) is 5.26 Å². The highest BCUT2D eigenvalue weighted by molar-refractivity contribution is 6.34. The number of pyridine rings is 1. The lowest BCUT2D eigenvalue weighted by atomic mass is 10.2. The minimum absolute atomic E-state index is 0.428. The zero-order valence-corrected chi connectivity index (χ0v) is 10.4. The Kier molecular flexibility index (Phi) is 2.66. The first-order valence-electron chi connectivity index (χ1n) is 5.71. The van der Waals surface area contributed by atoms with Gasteiger partial charge >= 0.3 is 0 Å². The van der Waals surface area contributed by atoms with Crippen molar-refractivity contribution in [3.8, 4) is 6.07 Å². The average molecular weight is 256 g/mol. The van der Waals surface area contributed by atoms with Gasteiger partial charge in [-0.1, -0.05) is 29.8 Å². The van der Waals surface area contributed by atoms with Gasteiger partial charge in [0.1, 0.15) is 11.1 Å². The molecule has 2 heterocycles. The van der Waals surface area contributed by atoms with Crippen molar-refractivity contribution >= 4 is 23.1 Å². The van der Waals surface area contributed by atoms with Gasteiger partial charge in [0.15, 0.2) is 5.82 Å². The van der Waals surface area contributed by atoms with Crippen molar-refractivity contribution in [3.05, 3.63) is 52.7 Å².